The second-order valence-electron chi connectivity index (χ2n) is 7.05. The fraction of sp³-hybridized carbons (Fsp3) is 0.368. The van der Waals surface area contributed by atoms with Crippen LogP contribution in [0.15, 0.2) is 42.6 Å². The van der Waals surface area contributed by atoms with Crippen molar-refractivity contribution in [1.82, 2.24) is 10.5 Å². The number of rotatable bonds is 4. The van der Waals surface area contributed by atoms with Crippen molar-refractivity contribution in [2.45, 2.75) is 43.9 Å². The minimum absolute atomic E-state index is 0.396. The average Bonchev–Trinajstić information content (AvgIpc) is 3.21. The summed E-state index contributed by atoms with van der Waals surface area (Å²) in [6.45, 7) is 5.04. The largest absolute Gasteiger partial charge is 0.384 e. The van der Waals surface area contributed by atoms with Gasteiger partial charge in [0.2, 0.25) is 5.67 Å². The normalized spacial score (nSPS) is 25.5. The van der Waals surface area contributed by atoms with Gasteiger partial charge in [-0.2, -0.15) is 0 Å². The second kappa shape index (κ2) is 5.89. The van der Waals surface area contributed by atoms with E-state index < -0.39 is 29.0 Å². The molecule has 132 valence electrons. The van der Waals surface area contributed by atoms with Crippen molar-refractivity contribution >= 4 is 5.91 Å². The van der Waals surface area contributed by atoms with Gasteiger partial charge in [-0.3, -0.25) is 15.0 Å². The van der Waals surface area contributed by atoms with E-state index in [4.69, 9.17) is 5.21 Å². The van der Waals surface area contributed by atoms with Crippen molar-refractivity contribution in [3.8, 4) is 0 Å². The summed E-state index contributed by atoms with van der Waals surface area (Å²) in [5.74, 6) is -2.53. The van der Waals surface area contributed by atoms with Crippen LogP contribution in [0.4, 0.5) is 4.39 Å². The SMILES string of the molecule is Cc1ccccc1C1C(c2ccnc(C(C)(C)O)c2)C1(F)C(=O)NO. The van der Waals surface area contributed by atoms with Crippen LogP contribution < -0.4 is 5.48 Å². The summed E-state index contributed by atoms with van der Waals surface area (Å²) in [5, 5.41) is 19.2. The van der Waals surface area contributed by atoms with Crippen molar-refractivity contribution in [3.05, 3.63) is 65.0 Å². The highest BCUT2D eigenvalue weighted by atomic mass is 19.1. The molecule has 25 heavy (non-hydrogen) atoms. The minimum atomic E-state index is -2.25. The van der Waals surface area contributed by atoms with E-state index in [2.05, 4.69) is 4.98 Å². The number of amides is 1. The number of aliphatic hydroxyl groups is 1. The summed E-state index contributed by atoms with van der Waals surface area (Å²) in [4.78, 5) is 16.2. The first-order valence-electron chi connectivity index (χ1n) is 8.09. The molecule has 1 amide bonds. The highest BCUT2D eigenvalue weighted by Crippen LogP contribution is 2.66. The summed E-state index contributed by atoms with van der Waals surface area (Å²) in [7, 11) is 0. The summed E-state index contributed by atoms with van der Waals surface area (Å²) in [5.41, 5.74) is 0.576. The zero-order valence-corrected chi connectivity index (χ0v) is 14.3. The van der Waals surface area contributed by atoms with E-state index in [1.54, 1.807) is 38.1 Å². The predicted molar refractivity (Wildman–Crippen MR) is 89.9 cm³/mol. The van der Waals surface area contributed by atoms with Gasteiger partial charge in [0, 0.05) is 18.0 Å². The van der Waals surface area contributed by atoms with Gasteiger partial charge < -0.3 is 5.11 Å². The van der Waals surface area contributed by atoms with Gasteiger partial charge in [0.05, 0.1) is 5.69 Å². The Bertz CT molecular complexity index is 818. The fourth-order valence-corrected chi connectivity index (χ4v) is 3.48. The number of halogens is 1. The van der Waals surface area contributed by atoms with Crippen molar-refractivity contribution in [3.63, 3.8) is 0 Å². The number of aryl methyl sites for hydroxylation is 1. The molecule has 1 fully saturated rings. The van der Waals surface area contributed by atoms with Crippen LogP contribution in [0.1, 0.15) is 48.1 Å². The first kappa shape index (κ1) is 17.5. The molecular formula is C19H21FN2O3. The lowest BCUT2D eigenvalue weighted by Gasteiger charge is -2.17. The van der Waals surface area contributed by atoms with Gasteiger partial charge in [-0.15, -0.1) is 0 Å². The van der Waals surface area contributed by atoms with E-state index >= 15 is 4.39 Å². The fourth-order valence-electron chi connectivity index (χ4n) is 3.48. The van der Waals surface area contributed by atoms with Crippen molar-refractivity contribution < 1.29 is 19.5 Å². The molecule has 3 atom stereocenters. The second-order valence-corrected chi connectivity index (χ2v) is 7.05. The quantitative estimate of drug-likeness (QED) is 0.588. The molecule has 1 saturated carbocycles. The van der Waals surface area contributed by atoms with E-state index in [1.165, 1.54) is 11.7 Å². The molecule has 1 aromatic heterocycles. The summed E-state index contributed by atoms with van der Waals surface area (Å²) < 4.78 is 15.5. The number of hydrogen-bond donors (Lipinski definition) is 3. The molecule has 0 aliphatic heterocycles. The zero-order chi connectivity index (χ0) is 18.4. The predicted octanol–water partition coefficient (Wildman–Crippen LogP) is 2.71. The summed E-state index contributed by atoms with van der Waals surface area (Å²) >= 11 is 0. The lowest BCUT2D eigenvalue weighted by molar-refractivity contribution is -0.136. The molecule has 5 nitrogen and oxygen atoms in total. The van der Waals surface area contributed by atoms with Crippen LogP contribution in [0.3, 0.4) is 0 Å². The maximum Gasteiger partial charge on any atom is 0.282 e. The van der Waals surface area contributed by atoms with E-state index in [0.29, 0.717) is 11.3 Å². The maximum absolute atomic E-state index is 15.5. The van der Waals surface area contributed by atoms with Crippen LogP contribution in [-0.2, 0) is 10.4 Å². The third kappa shape index (κ3) is 2.81. The van der Waals surface area contributed by atoms with Crippen LogP contribution in [0.5, 0.6) is 0 Å². The number of aromatic nitrogens is 1. The van der Waals surface area contributed by atoms with Crippen molar-refractivity contribution in [2.24, 2.45) is 0 Å². The molecule has 0 bridgehead atoms. The van der Waals surface area contributed by atoms with E-state index in [-0.39, 0.29) is 0 Å². The number of benzene rings is 1. The molecule has 6 heteroatoms. The van der Waals surface area contributed by atoms with Gasteiger partial charge in [0.15, 0.2) is 0 Å². The summed E-state index contributed by atoms with van der Waals surface area (Å²) in [6, 6.07) is 10.5. The zero-order valence-electron chi connectivity index (χ0n) is 14.3. The standard InChI is InChI=1S/C19H21FN2O3/c1-11-6-4-5-7-13(11)16-15(19(16,20)17(23)22-25)12-8-9-21-14(10-12)18(2,3)24/h4-10,15-16,24-25H,1-3H3,(H,22,23). The van der Waals surface area contributed by atoms with E-state index in [0.717, 1.165) is 11.1 Å². The van der Waals surface area contributed by atoms with Gasteiger partial charge >= 0.3 is 0 Å². The maximum atomic E-state index is 15.5. The smallest absolute Gasteiger partial charge is 0.282 e. The van der Waals surface area contributed by atoms with Crippen LogP contribution in [0.25, 0.3) is 0 Å². The van der Waals surface area contributed by atoms with Gasteiger partial charge in [0.1, 0.15) is 5.60 Å². The Morgan fingerprint density at radius 3 is 2.56 bits per heavy atom. The first-order valence-corrected chi connectivity index (χ1v) is 8.09. The van der Waals surface area contributed by atoms with Crippen LogP contribution >= 0.6 is 0 Å². The topological polar surface area (TPSA) is 82.5 Å². The molecule has 1 aromatic carbocycles. The highest BCUT2D eigenvalue weighted by molar-refractivity contribution is 5.92. The average molecular weight is 344 g/mol. The van der Waals surface area contributed by atoms with Gasteiger partial charge in [0.25, 0.3) is 5.91 Å². The molecule has 0 saturated heterocycles. The van der Waals surface area contributed by atoms with Crippen molar-refractivity contribution in [1.29, 1.82) is 0 Å². The Hall–Kier alpha value is -2.31. The third-order valence-corrected chi connectivity index (χ3v) is 4.87. The van der Waals surface area contributed by atoms with Gasteiger partial charge in [-0.05, 0) is 49.6 Å². The van der Waals surface area contributed by atoms with Crippen LogP contribution in [-0.4, -0.2) is 26.9 Å². The first-order chi connectivity index (χ1) is 11.7. The van der Waals surface area contributed by atoms with Gasteiger partial charge in [-0.1, -0.05) is 24.3 Å². The molecule has 2 aromatic rings. The summed E-state index contributed by atoms with van der Waals surface area (Å²) in [6.07, 6.45) is 1.49. The Labute approximate surface area is 145 Å². The van der Waals surface area contributed by atoms with Crippen LogP contribution in [0, 0.1) is 6.92 Å². The number of pyridine rings is 1. The number of nitrogens with one attached hydrogen (secondary N) is 1. The Morgan fingerprint density at radius 1 is 1.28 bits per heavy atom. The molecule has 3 unspecified atom stereocenters. The highest BCUT2D eigenvalue weighted by Gasteiger charge is 2.72. The molecule has 1 heterocycles. The molecule has 1 aliphatic rings. The number of hydrogen-bond acceptors (Lipinski definition) is 4. The van der Waals surface area contributed by atoms with Crippen molar-refractivity contribution in [2.75, 3.05) is 0 Å². The lowest BCUT2D eigenvalue weighted by atomic mass is 9.98. The molecule has 1 aliphatic carbocycles. The monoisotopic (exact) mass is 344 g/mol. The number of carbonyl (C=O) groups is 1. The van der Waals surface area contributed by atoms with E-state index in [9.17, 15) is 9.90 Å². The third-order valence-electron chi connectivity index (χ3n) is 4.87. The molecule has 0 spiro atoms. The van der Waals surface area contributed by atoms with Crippen LogP contribution in [0.2, 0.25) is 0 Å². The van der Waals surface area contributed by atoms with E-state index in [1.807, 2.05) is 19.1 Å². The lowest BCUT2D eigenvalue weighted by Crippen LogP contribution is -2.33. The molecule has 3 rings (SSSR count). The molecule has 3 N–H and O–H groups in total. The Kier molecular flexibility index (Phi) is 4.13. The number of nitrogens with zero attached hydrogens (tertiary/aromatic N) is 1. The number of alkyl halides is 1. The van der Waals surface area contributed by atoms with Gasteiger partial charge in [-0.25, -0.2) is 9.87 Å². The molecular weight excluding hydrogens is 323 g/mol. The Balaban J connectivity index is 2.08. The number of carbonyl (C=O) groups excluding carboxylic acids is 1. The number of hydroxylamine groups is 1. The Morgan fingerprint density at radius 2 is 1.96 bits per heavy atom. The molecule has 0 radical (unpaired) electrons. The minimum Gasteiger partial charge on any atom is -0.384 e.